The molecule has 0 radical (unpaired) electrons. The van der Waals surface area contributed by atoms with E-state index in [1.54, 1.807) is 25.3 Å². The number of aromatic nitrogens is 3. The van der Waals surface area contributed by atoms with Crippen molar-refractivity contribution in [2.24, 2.45) is 0 Å². The van der Waals surface area contributed by atoms with E-state index in [4.69, 9.17) is 16.3 Å². The first kappa shape index (κ1) is 20.2. The van der Waals surface area contributed by atoms with Crippen LogP contribution in [-0.2, 0) is 4.79 Å². The standard InChI is InChI=1S/C20H21ClN4O2S/c1-11-5-7-16(12(2)9-11)22-19(26)13(3)28-20-23-18(24-25-20)15-10-14(21)6-8-17(15)27-4/h5-10,13H,1-4H3,(H,22,26)(H,23,24,25)/t13-/m0/s1. The molecular weight excluding hydrogens is 396 g/mol. The Morgan fingerprint density at radius 1 is 1.25 bits per heavy atom. The van der Waals surface area contributed by atoms with Crippen LogP contribution in [0.3, 0.4) is 0 Å². The number of aromatic amines is 1. The third kappa shape index (κ3) is 4.66. The number of hydrogen-bond acceptors (Lipinski definition) is 5. The second-order valence-electron chi connectivity index (χ2n) is 6.38. The number of carbonyl (C=O) groups is 1. The van der Waals surface area contributed by atoms with Crippen molar-refractivity contribution in [1.29, 1.82) is 0 Å². The monoisotopic (exact) mass is 416 g/mol. The van der Waals surface area contributed by atoms with Gasteiger partial charge >= 0.3 is 0 Å². The minimum Gasteiger partial charge on any atom is -0.496 e. The number of nitrogens with zero attached hydrogens (tertiary/aromatic N) is 2. The molecule has 0 aliphatic carbocycles. The molecule has 0 bridgehead atoms. The molecule has 28 heavy (non-hydrogen) atoms. The van der Waals surface area contributed by atoms with Crippen LogP contribution in [0.5, 0.6) is 5.75 Å². The number of benzene rings is 2. The third-order valence-electron chi connectivity index (χ3n) is 4.17. The van der Waals surface area contributed by atoms with Crippen LogP contribution in [0, 0.1) is 13.8 Å². The highest BCUT2D eigenvalue weighted by Gasteiger charge is 2.19. The molecule has 1 heterocycles. The van der Waals surface area contributed by atoms with E-state index in [1.807, 2.05) is 39.0 Å². The van der Waals surface area contributed by atoms with Gasteiger partial charge in [0.25, 0.3) is 0 Å². The maximum atomic E-state index is 12.5. The number of carbonyl (C=O) groups excluding carboxylic acids is 1. The molecule has 8 heteroatoms. The Labute approximate surface area is 173 Å². The highest BCUT2D eigenvalue weighted by molar-refractivity contribution is 8.00. The molecule has 6 nitrogen and oxygen atoms in total. The second-order valence-corrected chi connectivity index (χ2v) is 8.12. The lowest BCUT2D eigenvalue weighted by atomic mass is 10.1. The summed E-state index contributed by atoms with van der Waals surface area (Å²) in [4.78, 5) is 17.0. The van der Waals surface area contributed by atoms with Gasteiger partial charge in [-0.3, -0.25) is 9.89 Å². The highest BCUT2D eigenvalue weighted by atomic mass is 35.5. The number of aryl methyl sites for hydroxylation is 2. The Morgan fingerprint density at radius 2 is 2.04 bits per heavy atom. The van der Waals surface area contributed by atoms with E-state index in [2.05, 4.69) is 20.5 Å². The quantitative estimate of drug-likeness (QED) is 0.560. The van der Waals surface area contributed by atoms with E-state index >= 15 is 0 Å². The van der Waals surface area contributed by atoms with Crippen LogP contribution in [-0.4, -0.2) is 33.4 Å². The summed E-state index contributed by atoms with van der Waals surface area (Å²) >= 11 is 7.35. The number of amides is 1. The summed E-state index contributed by atoms with van der Waals surface area (Å²) in [6.07, 6.45) is 0. The first-order valence-electron chi connectivity index (χ1n) is 8.68. The average molecular weight is 417 g/mol. The molecule has 2 aromatic carbocycles. The van der Waals surface area contributed by atoms with Crippen molar-refractivity contribution in [2.45, 2.75) is 31.2 Å². The largest absolute Gasteiger partial charge is 0.496 e. The van der Waals surface area contributed by atoms with Crippen LogP contribution < -0.4 is 10.1 Å². The Kier molecular flexibility index (Phi) is 6.26. The lowest BCUT2D eigenvalue weighted by Crippen LogP contribution is -2.23. The summed E-state index contributed by atoms with van der Waals surface area (Å²) < 4.78 is 5.35. The SMILES string of the molecule is COc1ccc(Cl)cc1-c1nc(S[C@@H](C)C(=O)Nc2ccc(C)cc2C)n[nH]1. The molecule has 0 aliphatic rings. The van der Waals surface area contributed by atoms with Gasteiger partial charge in [0, 0.05) is 10.7 Å². The summed E-state index contributed by atoms with van der Waals surface area (Å²) in [7, 11) is 1.58. The minimum atomic E-state index is -0.370. The fraction of sp³-hybridized carbons (Fsp3) is 0.250. The van der Waals surface area contributed by atoms with Crippen LogP contribution >= 0.6 is 23.4 Å². The van der Waals surface area contributed by atoms with Crippen molar-refractivity contribution in [3.05, 3.63) is 52.5 Å². The lowest BCUT2D eigenvalue weighted by molar-refractivity contribution is -0.115. The summed E-state index contributed by atoms with van der Waals surface area (Å²) in [6, 6.07) is 11.2. The third-order valence-corrected chi connectivity index (χ3v) is 5.37. The summed E-state index contributed by atoms with van der Waals surface area (Å²) in [5.41, 5.74) is 3.70. The zero-order chi connectivity index (χ0) is 20.3. The number of thioether (sulfide) groups is 1. The highest BCUT2D eigenvalue weighted by Crippen LogP contribution is 2.32. The van der Waals surface area contributed by atoms with E-state index in [1.165, 1.54) is 11.8 Å². The average Bonchev–Trinajstić information content (AvgIpc) is 3.12. The summed E-state index contributed by atoms with van der Waals surface area (Å²) in [5.74, 6) is 1.06. The molecule has 1 atom stereocenters. The van der Waals surface area contributed by atoms with Gasteiger partial charge in [0.1, 0.15) is 5.75 Å². The van der Waals surface area contributed by atoms with Crippen LogP contribution in [0.2, 0.25) is 5.02 Å². The number of H-pyrrole nitrogens is 1. The lowest BCUT2D eigenvalue weighted by Gasteiger charge is -2.12. The Hall–Kier alpha value is -2.51. The zero-order valence-electron chi connectivity index (χ0n) is 16.0. The Morgan fingerprint density at radius 3 is 2.75 bits per heavy atom. The fourth-order valence-electron chi connectivity index (χ4n) is 2.68. The maximum Gasteiger partial charge on any atom is 0.237 e. The molecule has 0 fully saturated rings. The first-order valence-corrected chi connectivity index (χ1v) is 9.94. The van der Waals surface area contributed by atoms with Crippen molar-refractivity contribution >= 4 is 35.0 Å². The van der Waals surface area contributed by atoms with Crippen molar-refractivity contribution in [2.75, 3.05) is 12.4 Å². The summed E-state index contributed by atoms with van der Waals surface area (Å²) in [6.45, 7) is 5.81. The van der Waals surface area contributed by atoms with Gasteiger partial charge in [0.05, 0.1) is 17.9 Å². The van der Waals surface area contributed by atoms with Gasteiger partial charge in [-0.15, -0.1) is 5.10 Å². The van der Waals surface area contributed by atoms with Crippen LogP contribution in [0.4, 0.5) is 5.69 Å². The van der Waals surface area contributed by atoms with Gasteiger partial charge in [0.15, 0.2) is 5.82 Å². The molecule has 0 unspecified atom stereocenters. The van der Waals surface area contributed by atoms with Gasteiger partial charge in [0.2, 0.25) is 11.1 Å². The Bertz CT molecular complexity index is 1010. The van der Waals surface area contributed by atoms with Gasteiger partial charge in [-0.1, -0.05) is 41.1 Å². The fourth-order valence-corrected chi connectivity index (χ4v) is 3.58. The van der Waals surface area contributed by atoms with E-state index < -0.39 is 0 Å². The number of methoxy groups -OCH3 is 1. The smallest absolute Gasteiger partial charge is 0.237 e. The van der Waals surface area contributed by atoms with Gasteiger partial charge in [-0.2, -0.15) is 0 Å². The van der Waals surface area contributed by atoms with Crippen LogP contribution in [0.1, 0.15) is 18.1 Å². The molecule has 2 N–H and O–H groups in total. The molecule has 0 aliphatic heterocycles. The molecule has 0 spiro atoms. The molecule has 0 saturated carbocycles. The topological polar surface area (TPSA) is 79.9 Å². The normalized spacial score (nSPS) is 11.9. The molecule has 146 valence electrons. The zero-order valence-corrected chi connectivity index (χ0v) is 17.6. The van der Waals surface area contributed by atoms with Crippen molar-refractivity contribution in [3.8, 4) is 17.1 Å². The van der Waals surface area contributed by atoms with Gasteiger partial charge < -0.3 is 10.1 Å². The molecular formula is C20H21ClN4O2S. The number of anilines is 1. The molecule has 1 aromatic heterocycles. The van der Waals surface area contributed by atoms with E-state index in [0.717, 1.165) is 16.8 Å². The van der Waals surface area contributed by atoms with E-state index in [-0.39, 0.29) is 11.2 Å². The molecule has 1 amide bonds. The predicted molar refractivity (Wildman–Crippen MR) is 113 cm³/mol. The molecule has 3 aromatic rings. The second kappa shape index (κ2) is 8.67. The minimum absolute atomic E-state index is 0.108. The van der Waals surface area contributed by atoms with Crippen molar-refractivity contribution in [1.82, 2.24) is 15.2 Å². The van der Waals surface area contributed by atoms with Crippen molar-refractivity contribution in [3.63, 3.8) is 0 Å². The summed E-state index contributed by atoms with van der Waals surface area (Å²) in [5, 5.41) is 10.7. The van der Waals surface area contributed by atoms with Crippen LogP contribution in [0.15, 0.2) is 41.6 Å². The van der Waals surface area contributed by atoms with Gasteiger partial charge in [-0.05, 0) is 50.6 Å². The number of ether oxygens (including phenoxy) is 1. The predicted octanol–water partition coefficient (Wildman–Crippen LogP) is 4.87. The molecule has 3 rings (SSSR count). The number of hydrogen-bond donors (Lipinski definition) is 2. The number of rotatable bonds is 6. The first-order chi connectivity index (χ1) is 13.4. The Balaban J connectivity index is 1.71. The van der Waals surface area contributed by atoms with Gasteiger partial charge in [-0.25, -0.2) is 4.98 Å². The maximum absolute atomic E-state index is 12.5. The van der Waals surface area contributed by atoms with E-state index in [9.17, 15) is 4.79 Å². The van der Waals surface area contributed by atoms with Crippen molar-refractivity contribution < 1.29 is 9.53 Å². The molecule has 0 saturated heterocycles. The number of nitrogens with one attached hydrogen (secondary N) is 2. The number of halogens is 1. The van der Waals surface area contributed by atoms with Crippen LogP contribution in [0.25, 0.3) is 11.4 Å². The van der Waals surface area contributed by atoms with E-state index in [0.29, 0.717) is 27.3 Å².